The van der Waals surface area contributed by atoms with E-state index in [1.54, 1.807) is 6.07 Å². The molecule has 0 N–H and O–H groups in total. The van der Waals surface area contributed by atoms with Crippen LogP contribution in [0, 0.1) is 0 Å². The number of hydrogen-bond donors (Lipinski definition) is 0. The zero-order chi connectivity index (χ0) is 10.8. The van der Waals surface area contributed by atoms with Crippen LogP contribution in [0.3, 0.4) is 0 Å². The minimum absolute atomic E-state index is 0.0410. The maximum absolute atomic E-state index is 7.55. The number of rotatable bonds is 1. The van der Waals surface area contributed by atoms with E-state index in [2.05, 4.69) is 0 Å². The summed E-state index contributed by atoms with van der Waals surface area (Å²) in [5.74, 6) is 0. The summed E-state index contributed by atoms with van der Waals surface area (Å²) in [7, 11) is 0. The fourth-order valence-corrected chi connectivity index (χ4v) is 1.27. The summed E-state index contributed by atoms with van der Waals surface area (Å²) in [5.41, 5.74) is 0.619. The molecule has 2 aromatic carbocycles. The van der Waals surface area contributed by atoms with Crippen molar-refractivity contribution in [2.75, 3.05) is 0 Å². The first kappa shape index (κ1) is 4.46. The van der Waals surface area contributed by atoms with Gasteiger partial charge in [-0.05, 0) is 22.4 Å². The van der Waals surface area contributed by atoms with Crippen LogP contribution in [0.15, 0.2) is 49.0 Å². The molecule has 2 rings (SSSR count). The van der Waals surface area contributed by atoms with Gasteiger partial charge in [0, 0.05) is 0 Å². The van der Waals surface area contributed by atoms with Crippen LogP contribution in [-0.2, 0) is 0 Å². The van der Waals surface area contributed by atoms with Crippen molar-refractivity contribution in [3.63, 3.8) is 0 Å². The van der Waals surface area contributed by atoms with Gasteiger partial charge in [-0.3, -0.25) is 0 Å². The second-order valence-corrected chi connectivity index (χ2v) is 2.69. The largest absolute Gasteiger partial charge is 0.0985 e. The second-order valence-electron chi connectivity index (χ2n) is 2.69. The highest BCUT2D eigenvalue weighted by Gasteiger charge is 1.90. The van der Waals surface area contributed by atoms with Gasteiger partial charge in [-0.1, -0.05) is 49.0 Å². The van der Waals surface area contributed by atoms with Crippen molar-refractivity contribution in [3.05, 3.63) is 54.6 Å². The van der Waals surface area contributed by atoms with Gasteiger partial charge in [-0.25, -0.2) is 0 Å². The van der Waals surface area contributed by atoms with Crippen LogP contribution in [0.5, 0.6) is 0 Å². The summed E-state index contributed by atoms with van der Waals surface area (Å²) >= 11 is 0. The molecule has 0 saturated heterocycles. The Morgan fingerprint density at radius 1 is 1.17 bits per heavy atom. The molecule has 58 valence electrons. The van der Waals surface area contributed by atoms with Crippen molar-refractivity contribution in [1.82, 2.24) is 0 Å². The lowest BCUT2D eigenvalue weighted by atomic mass is 10.1. The number of fused-ring (bicyclic) bond motifs is 1. The molecule has 12 heavy (non-hydrogen) atoms. The van der Waals surface area contributed by atoms with Gasteiger partial charge in [-0.2, -0.15) is 0 Å². The van der Waals surface area contributed by atoms with E-state index in [4.69, 9.17) is 4.11 Å². The van der Waals surface area contributed by atoms with E-state index in [-0.39, 0.29) is 6.05 Å². The van der Waals surface area contributed by atoms with Gasteiger partial charge in [-0.15, -0.1) is 0 Å². The Morgan fingerprint density at radius 3 is 2.83 bits per heavy atom. The van der Waals surface area contributed by atoms with E-state index in [9.17, 15) is 0 Å². The van der Waals surface area contributed by atoms with Crippen molar-refractivity contribution in [2.24, 2.45) is 0 Å². The monoisotopic (exact) mass is 157 g/mol. The highest BCUT2D eigenvalue weighted by Crippen LogP contribution is 2.15. The van der Waals surface area contributed by atoms with Crippen LogP contribution in [0.4, 0.5) is 0 Å². The molecule has 0 spiro atoms. The van der Waals surface area contributed by atoms with Crippen molar-refractivity contribution < 1.29 is 4.11 Å². The minimum atomic E-state index is -0.453. The highest BCUT2D eigenvalue weighted by atomic mass is 14.0. The molecule has 2 aromatic rings. The average molecular weight is 157 g/mol. The molecule has 0 aromatic heterocycles. The Hall–Kier alpha value is -1.56. The quantitative estimate of drug-likeness (QED) is 0.594. The Labute approximate surface area is 76.4 Å². The number of hydrogen-bond acceptors (Lipinski definition) is 0. The van der Waals surface area contributed by atoms with Gasteiger partial charge in [0.1, 0.15) is 0 Å². The van der Waals surface area contributed by atoms with E-state index in [1.165, 1.54) is 0 Å². The zero-order valence-electron chi connectivity index (χ0n) is 9.54. The molecule has 0 atom stereocenters. The van der Waals surface area contributed by atoms with Crippen LogP contribution in [0.2, 0.25) is 0 Å². The summed E-state index contributed by atoms with van der Waals surface area (Å²) in [6.45, 7) is -0.453. The first-order valence-electron chi connectivity index (χ1n) is 5.32. The van der Waals surface area contributed by atoms with Gasteiger partial charge in [0.2, 0.25) is 0 Å². The lowest BCUT2D eigenvalue weighted by molar-refractivity contribution is 1.71. The maximum Gasteiger partial charge on any atom is 0.0623 e. The smallest absolute Gasteiger partial charge is 0.0623 e. The van der Waals surface area contributed by atoms with E-state index in [0.717, 1.165) is 10.8 Å². The minimum Gasteiger partial charge on any atom is -0.0985 e. The molecular weight excluding hydrogens is 144 g/mol. The van der Waals surface area contributed by atoms with E-state index in [1.807, 2.05) is 36.4 Å². The van der Waals surface area contributed by atoms with Crippen molar-refractivity contribution in [3.8, 4) is 0 Å². The Kier molecular flexibility index (Phi) is 1.05. The molecule has 0 amide bonds. The molecule has 0 aliphatic rings. The molecule has 0 heteroatoms. The predicted molar refractivity (Wildman–Crippen MR) is 54.0 cm³/mol. The molecule has 0 unspecified atom stereocenters. The first-order chi connectivity index (χ1) is 7.18. The van der Waals surface area contributed by atoms with Crippen LogP contribution in [0.1, 0.15) is 9.68 Å². The van der Waals surface area contributed by atoms with Crippen LogP contribution in [-0.4, -0.2) is 0 Å². The second kappa shape index (κ2) is 2.82. The summed E-state index contributed by atoms with van der Waals surface area (Å²) in [5, 5.41) is 2.13. The van der Waals surface area contributed by atoms with Crippen molar-refractivity contribution >= 4 is 16.8 Å². The lowest BCUT2D eigenvalue weighted by Gasteiger charge is -1.97. The maximum atomic E-state index is 7.55. The van der Waals surface area contributed by atoms with Gasteiger partial charge in [0.25, 0.3) is 0 Å². The fourth-order valence-electron chi connectivity index (χ4n) is 1.27. The van der Waals surface area contributed by atoms with Gasteiger partial charge in [0.05, 0.1) is 4.11 Å². The lowest BCUT2D eigenvalue weighted by Crippen LogP contribution is -1.73. The van der Waals surface area contributed by atoms with Crippen LogP contribution >= 0.6 is 0 Å². The summed E-state index contributed by atoms with van der Waals surface area (Å²) in [4.78, 5) is 0. The fraction of sp³-hybridized carbons (Fsp3) is 0. The third-order valence-corrected chi connectivity index (χ3v) is 1.89. The summed E-state index contributed by atoms with van der Waals surface area (Å²) in [6.07, 6.45) is 0. The molecule has 0 nitrogen and oxygen atoms in total. The standard InChI is InChI=1S/C12H10/c1-2-10-7-8-11-5-3-4-6-12(11)9-10/h2-9H,1H2/i1D2,2D. The molecule has 0 saturated carbocycles. The highest BCUT2D eigenvalue weighted by molar-refractivity contribution is 5.84. The molecule has 0 heterocycles. The first-order valence-corrected chi connectivity index (χ1v) is 3.82. The van der Waals surface area contributed by atoms with E-state index in [0.29, 0.717) is 5.56 Å². The predicted octanol–water partition coefficient (Wildman–Crippen LogP) is 3.48. The molecule has 0 aliphatic carbocycles. The molecule has 0 aliphatic heterocycles. The Morgan fingerprint density at radius 2 is 2.00 bits per heavy atom. The van der Waals surface area contributed by atoms with Gasteiger partial charge in [0.15, 0.2) is 0 Å². The molecular formula is C12H10. The third-order valence-electron chi connectivity index (χ3n) is 1.89. The van der Waals surface area contributed by atoms with Gasteiger partial charge >= 0.3 is 0 Å². The summed E-state index contributed by atoms with van der Waals surface area (Å²) < 4.78 is 21.7. The van der Waals surface area contributed by atoms with Crippen LogP contribution in [0.25, 0.3) is 16.8 Å². The third kappa shape index (κ3) is 1.12. The van der Waals surface area contributed by atoms with Gasteiger partial charge < -0.3 is 0 Å². The van der Waals surface area contributed by atoms with Crippen molar-refractivity contribution in [1.29, 1.82) is 0 Å². The normalized spacial score (nSPS) is 13.2. The Bertz CT molecular complexity index is 525. The topological polar surface area (TPSA) is 0 Å². The van der Waals surface area contributed by atoms with Crippen LogP contribution < -0.4 is 0 Å². The molecule has 0 fully saturated rings. The zero-order valence-corrected chi connectivity index (χ0v) is 6.54. The van der Waals surface area contributed by atoms with Crippen molar-refractivity contribution in [2.45, 2.75) is 0 Å². The SMILES string of the molecule is [2H]C([2H])=C([2H])c1ccc2ccccc2c1. The molecule has 0 radical (unpaired) electrons. The summed E-state index contributed by atoms with van der Waals surface area (Å²) in [6, 6.07) is 13.3. The van der Waals surface area contributed by atoms with E-state index < -0.39 is 6.53 Å². The number of benzene rings is 2. The average Bonchev–Trinajstić information content (AvgIpc) is 2.27. The molecule has 0 bridgehead atoms. The Balaban J connectivity index is 2.62. The van der Waals surface area contributed by atoms with E-state index >= 15 is 0 Å².